The van der Waals surface area contributed by atoms with E-state index in [4.69, 9.17) is 4.74 Å². The third kappa shape index (κ3) is 4.61. The van der Waals surface area contributed by atoms with Crippen molar-refractivity contribution in [1.82, 2.24) is 0 Å². The lowest BCUT2D eigenvalue weighted by molar-refractivity contribution is -0.119. The Kier molecular flexibility index (Phi) is 6.03. The van der Waals surface area contributed by atoms with Gasteiger partial charge in [-0.3, -0.25) is 4.79 Å². The second-order valence-electron chi connectivity index (χ2n) is 4.33. The van der Waals surface area contributed by atoms with Gasteiger partial charge in [0.25, 0.3) is 5.91 Å². The zero-order valence-corrected chi connectivity index (χ0v) is 14.2. The maximum atomic E-state index is 12.0. The minimum absolute atomic E-state index is 0.322. The SMILES string of the molecule is CSc1ccccc1C(=O)OCC(=O)Nc1ccc(Br)cc1. The number of amides is 1. The molecule has 0 spiro atoms. The van der Waals surface area contributed by atoms with Crippen LogP contribution in [-0.2, 0) is 9.53 Å². The van der Waals surface area contributed by atoms with E-state index >= 15 is 0 Å². The first-order valence-electron chi connectivity index (χ1n) is 6.45. The smallest absolute Gasteiger partial charge is 0.339 e. The molecule has 0 fully saturated rings. The Morgan fingerprint density at radius 3 is 2.50 bits per heavy atom. The summed E-state index contributed by atoms with van der Waals surface area (Å²) in [6.07, 6.45) is 1.88. The van der Waals surface area contributed by atoms with Crippen LogP contribution in [0.15, 0.2) is 57.9 Å². The minimum atomic E-state index is -0.504. The molecule has 0 aliphatic heterocycles. The molecule has 0 unspecified atom stereocenters. The van der Waals surface area contributed by atoms with Crippen LogP contribution in [0.3, 0.4) is 0 Å². The van der Waals surface area contributed by atoms with Crippen molar-refractivity contribution in [3.8, 4) is 0 Å². The van der Waals surface area contributed by atoms with Crippen molar-refractivity contribution in [2.45, 2.75) is 4.90 Å². The van der Waals surface area contributed by atoms with E-state index in [0.29, 0.717) is 11.3 Å². The van der Waals surface area contributed by atoms with Gasteiger partial charge in [-0.2, -0.15) is 0 Å². The third-order valence-electron chi connectivity index (χ3n) is 2.79. The van der Waals surface area contributed by atoms with Gasteiger partial charge in [-0.1, -0.05) is 28.1 Å². The summed E-state index contributed by atoms with van der Waals surface area (Å²) < 4.78 is 5.98. The number of rotatable bonds is 5. The number of thioether (sulfide) groups is 1. The maximum absolute atomic E-state index is 12.0. The quantitative estimate of drug-likeness (QED) is 0.630. The fourth-order valence-corrected chi connectivity index (χ4v) is 2.60. The molecular formula is C16H14BrNO3S. The Balaban J connectivity index is 1.90. The molecule has 0 radical (unpaired) electrons. The van der Waals surface area contributed by atoms with E-state index in [1.807, 2.05) is 30.5 Å². The largest absolute Gasteiger partial charge is 0.452 e. The number of carbonyl (C=O) groups is 2. The molecule has 1 amide bonds. The standard InChI is InChI=1S/C16H14BrNO3S/c1-22-14-5-3-2-4-13(14)16(20)21-10-15(19)18-12-8-6-11(17)7-9-12/h2-9H,10H2,1H3,(H,18,19). The number of ether oxygens (including phenoxy) is 1. The first-order valence-corrected chi connectivity index (χ1v) is 8.47. The highest BCUT2D eigenvalue weighted by Gasteiger charge is 2.13. The summed E-state index contributed by atoms with van der Waals surface area (Å²) in [4.78, 5) is 24.6. The van der Waals surface area contributed by atoms with Crippen LogP contribution in [-0.4, -0.2) is 24.7 Å². The number of hydrogen-bond donors (Lipinski definition) is 1. The fraction of sp³-hybridized carbons (Fsp3) is 0.125. The summed E-state index contributed by atoms with van der Waals surface area (Å²) in [6, 6.07) is 14.3. The monoisotopic (exact) mass is 379 g/mol. The number of benzene rings is 2. The van der Waals surface area contributed by atoms with E-state index in [9.17, 15) is 9.59 Å². The van der Waals surface area contributed by atoms with Crippen molar-refractivity contribution in [3.05, 3.63) is 58.6 Å². The number of carbonyl (C=O) groups excluding carboxylic acids is 2. The molecule has 1 N–H and O–H groups in total. The molecular weight excluding hydrogens is 366 g/mol. The number of halogens is 1. The summed E-state index contributed by atoms with van der Waals surface area (Å²) in [5, 5.41) is 2.66. The van der Waals surface area contributed by atoms with Crippen LogP contribution < -0.4 is 5.32 Å². The zero-order valence-electron chi connectivity index (χ0n) is 11.8. The molecule has 22 heavy (non-hydrogen) atoms. The van der Waals surface area contributed by atoms with E-state index in [1.165, 1.54) is 11.8 Å². The lowest BCUT2D eigenvalue weighted by atomic mass is 10.2. The molecule has 0 bridgehead atoms. The molecule has 6 heteroatoms. The Hall–Kier alpha value is -1.79. The number of nitrogens with one attached hydrogen (secondary N) is 1. The molecule has 0 aliphatic rings. The Labute approximate surface area is 141 Å². The van der Waals surface area contributed by atoms with Crippen molar-refractivity contribution >= 4 is 45.3 Å². The summed E-state index contributed by atoms with van der Waals surface area (Å²) in [6.45, 7) is -0.322. The van der Waals surface area contributed by atoms with Crippen LogP contribution >= 0.6 is 27.7 Å². The molecule has 4 nitrogen and oxygen atoms in total. The van der Waals surface area contributed by atoms with Gasteiger partial charge in [-0.15, -0.1) is 11.8 Å². The molecule has 0 atom stereocenters. The summed E-state index contributed by atoms with van der Waals surface area (Å²) in [5.41, 5.74) is 1.11. The second-order valence-corrected chi connectivity index (χ2v) is 6.10. The normalized spacial score (nSPS) is 10.1. The fourth-order valence-electron chi connectivity index (χ4n) is 1.75. The van der Waals surface area contributed by atoms with Gasteiger partial charge in [0.15, 0.2) is 6.61 Å². The van der Waals surface area contributed by atoms with Crippen LogP contribution in [0, 0.1) is 0 Å². The van der Waals surface area contributed by atoms with Gasteiger partial charge in [0, 0.05) is 15.1 Å². The van der Waals surface area contributed by atoms with Crippen molar-refractivity contribution < 1.29 is 14.3 Å². The first kappa shape index (κ1) is 16.6. The van der Waals surface area contributed by atoms with E-state index in [2.05, 4.69) is 21.2 Å². The Morgan fingerprint density at radius 1 is 1.14 bits per heavy atom. The van der Waals surface area contributed by atoms with Crippen LogP contribution in [0.25, 0.3) is 0 Å². The zero-order chi connectivity index (χ0) is 15.9. The van der Waals surface area contributed by atoms with Crippen molar-refractivity contribution in [2.24, 2.45) is 0 Å². The van der Waals surface area contributed by atoms with E-state index in [1.54, 1.807) is 24.3 Å². The molecule has 0 heterocycles. The van der Waals surface area contributed by atoms with Gasteiger partial charge >= 0.3 is 5.97 Å². The molecule has 0 aromatic heterocycles. The number of esters is 1. The lowest BCUT2D eigenvalue weighted by Gasteiger charge is -2.08. The van der Waals surface area contributed by atoms with Gasteiger partial charge in [0.05, 0.1) is 5.56 Å². The van der Waals surface area contributed by atoms with Crippen LogP contribution in [0.4, 0.5) is 5.69 Å². The molecule has 2 aromatic rings. The molecule has 0 saturated carbocycles. The van der Waals surface area contributed by atoms with Gasteiger partial charge in [0.2, 0.25) is 0 Å². The molecule has 2 aromatic carbocycles. The maximum Gasteiger partial charge on any atom is 0.339 e. The van der Waals surface area contributed by atoms with Crippen LogP contribution in [0.5, 0.6) is 0 Å². The van der Waals surface area contributed by atoms with E-state index in [-0.39, 0.29) is 12.5 Å². The second kappa shape index (κ2) is 8.00. The predicted molar refractivity (Wildman–Crippen MR) is 91.3 cm³/mol. The van der Waals surface area contributed by atoms with Gasteiger partial charge < -0.3 is 10.1 Å². The lowest BCUT2D eigenvalue weighted by Crippen LogP contribution is -2.21. The molecule has 0 saturated heterocycles. The van der Waals surface area contributed by atoms with Crippen molar-refractivity contribution in [2.75, 3.05) is 18.2 Å². The third-order valence-corrected chi connectivity index (χ3v) is 4.11. The van der Waals surface area contributed by atoms with E-state index < -0.39 is 5.97 Å². The number of hydrogen-bond acceptors (Lipinski definition) is 4. The molecule has 114 valence electrons. The van der Waals surface area contributed by atoms with Gasteiger partial charge in [0.1, 0.15) is 0 Å². The first-order chi connectivity index (χ1) is 10.6. The Bertz CT molecular complexity index is 673. The topological polar surface area (TPSA) is 55.4 Å². The number of anilines is 1. The highest BCUT2D eigenvalue weighted by Crippen LogP contribution is 2.20. The van der Waals surface area contributed by atoms with Crippen molar-refractivity contribution in [3.63, 3.8) is 0 Å². The highest BCUT2D eigenvalue weighted by atomic mass is 79.9. The summed E-state index contributed by atoms with van der Waals surface area (Å²) in [5.74, 6) is -0.881. The average molecular weight is 380 g/mol. The van der Waals surface area contributed by atoms with Crippen LogP contribution in [0.1, 0.15) is 10.4 Å². The van der Waals surface area contributed by atoms with Gasteiger partial charge in [-0.25, -0.2) is 4.79 Å². The van der Waals surface area contributed by atoms with Crippen LogP contribution in [0.2, 0.25) is 0 Å². The minimum Gasteiger partial charge on any atom is -0.452 e. The summed E-state index contributed by atoms with van der Waals surface area (Å²) in [7, 11) is 0. The predicted octanol–water partition coefficient (Wildman–Crippen LogP) is 3.97. The molecule has 0 aliphatic carbocycles. The Morgan fingerprint density at radius 2 is 1.82 bits per heavy atom. The highest BCUT2D eigenvalue weighted by molar-refractivity contribution is 9.10. The average Bonchev–Trinajstić information content (AvgIpc) is 2.54. The molecule has 2 rings (SSSR count). The van der Waals surface area contributed by atoms with Crippen molar-refractivity contribution in [1.29, 1.82) is 0 Å². The summed E-state index contributed by atoms with van der Waals surface area (Å²) >= 11 is 4.77. The van der Waals surface area contributed by atoms with Gasteiger partial charge in [-0.05, 0) is 42.7 Å². The van der Waals surface area contributed by atoms with E-state index in [0.717, 1.165) is 9.37 Å².